The fraction of sp³-hybridized carbons (Fsp3) is 0.435. The Hall–Kier alpha value is -6.18. The molecule has 1 saturated carbocycles. The molecule has 2 aromatic heterocycles. The van der Waals surface area contributed by atoms with Crippen LogP contribution in [0.2, 0.25) is 0 Å². The predicted octanol–water partition coefficient (Wildman–Crippen LogP) is 7.77. The number of hydrogen-bond acceptors (Lipinski definition) is 8. The number of amides is 4. The first-order chi connectivity index (χ1) is 28.9. The number of carbonyl (C=O) groups excluding carboxylic acids is 4. The number of benzene rings is 3. The summed E-state index contributed by atoms with van der Waals surface area (Å²) >= 11 is 0. The van der Waals surface area contributed by atoms with Gasteiger partial charge in [-0.2, -0.15) is 0 Å². The van der Waals surface area contributed by atoms with Gasteiger partial charge in [-0.3, -0.25) is 9.59 Å². The van der Waals surface area contributed by atoms with Gasteiger partial charge in [-0.1, -0.05) is 76.2 Å². The zero-order valence-corrected chi connectivity index (χ0v) is 35.1. The van der Waals surface area contributed by atoms with Crippen LogP contribution in [0.15, 0.2) is 73.1 Å². The summed E-state index contributed by atoms with van der Waals surface area (Å²) in [5, 5.41) is 7.62. The van der Waals surface area contributed by atoms with Gasteiger partial charge in [0.2, 0.25) is 11.8 Å². The van der Waals surface area contributed by atoms with E-state index in [9.17, 15) is 19.2 Å². The molecule has 0 bridgehead atoms. The molecule has 3 aliphatic rings. The molecule has 14 heteroatoms. The summed E-state index contributed by atoms with van der Waals surface area (Å²) in [4.78, 5) is 71.7. The van der Waals surface area contributed by atoms with Gasteiger partial charge < -0.3 is 39.9 Å². The largest absolute Gasteiger partial charge is 0.453 e. The van der Waals surface area contributed by atoms with Crippen molar-refractivity contribution < 1.29 is 28.7 Å². The van der Waals surface area contributed by atoms with Crippen LogP contribution in [-0.4, -0.2) is 93.1 Å². The highest BCUT2D eigenvalue weighted by atomic mass is 16.5. The van der Waals surface area contributed by atoms with Crippen LogP contribution in [0.3, 0.4) is 0 Å². The quantitative estimate of drug-likeness (QED) is 0.105. The molecule has 4 N–H and O–H groups in total. The summed E-state index contributed by atoms with van der Waals surface area (Å²) in [7, 11) is 2.60. The predicted molar refractivity (Wildman–Crippen MR) is 227 cm³/mol. The maximum atomic E-state index is 13.9. The van der Waals surface area contributed by atoms with Crippen LogP contribution in [0.25, 0.3) is 44.4 Å². The van der Waals surface area contributed by atoms with Crippen molar-refractivity contribution in [3.8, 4) is 33.6 Å². The van der Waals surface area contributed by atoms with E-state index in [2.05, 4.69) is 88.2 Å². The summed E-state index contributed by atoms with van der Waals surface area (Å²) in [6, 6.07) is 19.4. The number of methoxy groups -OCH3 is 2. The number of aromatic amines is 2. The number of nitrogens with one attached hydrogen (secondary N) is 4. The van der Waals surface area contributed by atoms with E-state index in [1.807, 2.05) is 43.0 Å². The third kappa shape index (κ3) is 8.06. The minimum Gasteiger partial charge on any atom is -0.453 e. The van der Waals surface area contributed by atoms with Gasteiger partial charge in [-0.25, -0.2) is 19.6 Å². The first kappa shape index (κ1) is 40.6. The van der Waals surface area contributed by atoms with E-state index in [-0.39, 0.29) is 35.2 Å². The molecule has 14 nitrogen and oxygen atoms in total. The Morgan fingerprint density at radius 2 is 1.33 bits per heavy atom. The van der Waals surface area contributed by atoms with Crippen LogP contribution in [0.5, 0.6) is 0 Å². The van der Waals surface area contributed by atoms with E-state index >= 15 is 0 Å². The number of ether oxygens (including phenoxy) is 2. The number of fused-ring (bicyclic) bond motifs is 1. The summed E-state index contributed by atoms with van der Waals surface area (Å²) in [5.41, 5.74) is 6.04. The van der Waals surface area contributed by atoms with E-state index in [0.717, 1.165) is 81.7 Å². The Balaban J connectivity index is 0.956. The minimum atomic E-state index is -0.687. The number of rotatable bonds is 11. The van der Waals surface area contributed by atoms with Crippen LogP contribution in [0, 0.1) is 17.3 Å². The zero-order valence-electron chi connectivity index (χ0n) is 35.1. The molecule has 3 fully saturated rings. The molecule has 5 atom stereocenters. The minimum absolute atomic E-state index is 0.105. The molecule has 2 aliphatic heterocycles. The Morgan fingerprint density at radius 1 is 0.767 bits per heavy atom. The molecule has 1 spiro atoms. The van der Waals surface area contributed by atoms with Gasteiger partial charge in [0.1, 0.15) is 23.7 Å². The van der Waals surface area contributed by atoms with Crippen molar-refractivity contribution in [1.82, 2.24) is 40.4 Å². The first-order valence-electron chi connectivity index (χ1n) is 20.9. The number of carbonyl (C=O) groups is 4. The molecular formula is C46H54N8O6. The summed E-state index contributed by atoms with van der Waals surface area (Å²) < 4.78 is 9.56. The van der Waals surface area contributed by atoms with Gasteiger partial charge >= 0.3 is 12.2 Å². The molecule has 5 aromatic rings. The highest BCUT2D eigenvalue weighted by molar-refractivity contribution is 5.91. The Labute approximate surface area is 349 Å². The molecular weight excluding hydrogens is 761 g/mol. The van der Waals surface area contributed by atoms with Crippen LogP contribution in [0.1, 0.15) is 83.5 Å². The van der Waals surface area contributed by atoms with Gasteiger partial charge in [0, 0.05) is 18.7 Å². The van der Waals surface area contributed by atoms with Gasteiger partial charge in [-0.05, 0) is 89.0 Å². The summed E-state index contributed by atoms with van der Waals surface area (Å²) in [5.74, 6) is 1.43. The van der Waals surface area contributed by atoms with Crippen molar-refractivity contribution in [2.75, 3.05) is 27.3 Å². The van der Waals surface area contributed by atoms with Crippen molar-refractivity contribution >= 4 is 34.8 Å². The molecule has 1 aliphatic carbocycles. The normalized spacial score (nSPS) is 20.4. The second kappa shape index (κ2) is 16.5. The molecule has 3 aromatic carbocycles. The molecule has 314 valence electrons. The average molecular weight is 815 g/mol. The van der Waals surface area contributed by atoms with Crippen LogP contribution in [-0.2, 0) is 19.1 Å². The molecule has 4 heterocycles. The molecule has 0 unspecified atom stereocenters. The molecule has 8 rings (SSSR count). The van der Waals surface area contributed by atoms with Gasteiger partial charge in [-0.15, -0.1) is 0 Å². The lowest BCUT2D eigenvalue weighted by Gasteiger charge is -2.30. The standard InChI is InChI=1S/C46H54N8O6/c1-7-34(51-44(57)59-5)42(55)53-24-27(4)18-37(53)40-47-22-35(49-40)29-10-8-28(9-11-29)30-12-13-32-20-33(15-14-31(32)19-30)36-23-48-41(50-36)38-21-46(16-17-46)25-54(38)43(56)39(26(2)3)52-45(58)60-6/h8-15,19-20,22-23,26-27,34,37-39H,7,16-18,21,24-25H2,1-6H3,(H,47,49)(H,48,50)(H,51,57)(H,52,58)/t27-,34-,37-,38-,39-/m0/s1. The van der Waals surface area contributed by atoms with Crippen molar-refractivity contribution in [2.45, 2.75) is 84.0 Å². The van der Waals surface area contributed by atoms with Gasteiger partial charge in [0.15, 0.2) is 0 Å². The fourth-order valence-electron chi connectivity index (χ4n) is 8.98. The SMILES string of the molecule is CC[C@H](NC(=O)OC)C(=O)N1C[C@@H](C)C[C@H]1c1ncc(-c2ccc(-c3ccc4cc(-c5cnc([C@@H]6CC7(CC7)CN6C(=O)[C@@H](NC(=O)OC)C(C)C)[nH]5)ccc4c3)cc2)[nH]1. The molecule has 2 saturated heterocycles. The lowest BCUT2D eigenvalue weighted by atomic mass is 9.98. The van der Waals surface area contributed by atoms with Crippen molar-refractivity contribution in [3.63, 3.8) is 0 Å². The summed E-state index contributed by atoms with van der Waals surface area (Å²) in [6.45, 7) is 9.08. The van der Waals surface area contributed by atoms with E-state index in [1.54, 1.807) is 0 Å². The second-order valence-electron chi connectivity index (χ2n) is 17.2. The maximum Gasteiger partial charge on any atom is 0.407 e. The van der Waals surface area contributed by atoms with Crippen molar-refractivity contribution in [1.29, 1.82) is 0 Å². The van der Waals surface area contributed by atoms with E-state index < -0.39 is 24.3 Å². The van der Waals surface area contributed by atoms with Gasteiger partial charge in [0.25, 0.3) is 0 Å². The van der Waals surface area contributed by atoms with E-state index in [0.29, 0.717) is 25.4 Å². The van der Waals surface area contributed by atoms with Crippen molar-refractivity contribution in [2.24, 2.45) is 17.3 Å². The van der Waals surface area contributed by atoms with E-state index in [1.165, 1.54) is 14.2 Å². The smallest absolute Gasteiger partial charge is 0.407 e. The first-order valence-corrected chi connectivity index (χ1v) is 20.9. The number of H-pyrrole nitrogens is 2. The Kier molecular flexibility index (Phi) is 11.1. The second-order valence-corrected chi connectivity index (χ2v) is 17.2. The zero-order chi connectivity index (χ0) is 42.3. The van der Waals surface area contributed by atoms with E-state index in [4.69, 9.17) is 19.4 Å². The molecule has 0 radical (unpaired) electrons. The monoisotopic (exact) mass is 814 g/mol. The summed E-state index contributed by atoms with van der Waals surface area (Å²) in [6.07, 6.45) is 6.68. The van der Waals surface area contributed by atoms with Crippen molar-refractivity contribution in [3.05, 3.63) is 84.7 Å². The highest BCUT2D eigenvalue weighted by Crippen LogP contribution is 2.58. The molecule has 4 amide bonds. The fourth-order valence-corrected chi connectivity index (χ4v) is 8.98. The topological polar surface area (TPSA) is 175 Å². The van der Waals surface area contributed by atoms with Crippen LogP contribution in [0.4, 0.5) is 9.59 Å². The number of likely N-dealkylation sites (tertiary alicyclic amines) is 2. The maximum absolute atomic E-state index is 13.9. The number of alkyl carbamates (subject to hydrolysis) is 2. The average Bonchev–Trinajstić information content (AvgIpc) is 3.73. The number of imidazole rings is 2. The number of nitrogens with zero attached hydrogens (tertiary/aromatic N) is 4. The lowest BCUT2D eigenvalue weighted by Crippen LogP contribution is -2.51. The van der Waals surface area contributed by atoms with Gasteiger partial charge in [0.05, 0.1) is 50.1 Å². The highest BCUT2D eigenvalue weighted by Gasteiger charge is 2.55. The van der Waals surface area contributed by atoms with Crippen LogP contribution >= 0.6 is 0 Å². The Bertz CT molecular complexity index is 2400. The third-order valence-electron chi connectivity index (χ3n) is 12.6. The number of aromatic nitrogens is 4. The Morgan fingerprint density at radius 3 is 1.95 bits per heavy atom. The third-order valence-corrected chi connectivity index (χ3v) is 12.6. The van der Waals surface area contributed by atoms with Crippen LogP contribution < -0.4 is 10.6 Å². The molecule has 60 heavy (non-hydrogen) atoms. The number of hydrogen-bond donors (Lipinski definition) is 4. The lowest BCUT2D eigenvalue weighted by molar-refractivity contribution is -0.136.